The number of amides is 1. The van der Waals surface area contributed by atoms with Crippen molar-refractivity contribution in [1.29, 1.82) is 0 Å². The van der Waals surface area contributed by atoms with Gasteiger partial charge in [-0.15, -0.1) is 0 Å². The zero-order valence-electron chi connectivity index (χ0n) is 16.0. The van der Waals surface area contributed by atoms with Crippen molar-refractivity contribution < 1.29 is 22.7 Å². The van der Waals surface area contributed by atoms with Crippen LogP contribution in [0.5, 0.6) is 5.75 Å². The van der Waals surface area contributed by atoms with E-state index in [1.165, 1.54) is 7.11 Å². The summed E-state index contributed by atoms with van der Waals surface area (Å²) in [7, 11) is -0.562. The number of benzene rings is 2. The first kappa shape index (κ1) is 20.2. The lowest BCUT2D eigenvalue weighted by molar-refractivity contribution is -0.122. The number of ether oxygens (including phenoxy) is 2. The van der Waals surface area contributed by atoms with Gasteiger partial charge < -0.3 is 14.4 Å². The summed E-state index contributed by atoms with van der Waals surface area (Å²) in [5, 5.41) is 0. The first-order valence-corrected chi connectivity index (χ1v) is 10.6. The van der Waals surface area contributed by atoms with E-state index in [1.807, 2.05) is 6.07 Å². The topological polar surface area (TPSA) is 84.9 Å². The molecule has 1 aliphatic rings. The molecule has 0 aromatic heterocycles. The van der Waals surface area contributed by atoms with Crippen LogP contribution < -0.4 is 14.4 Å². The van der Waals surface area contributed by atoms with Crippen LogP contribution in [-0.2, 0) is 31.7 Å². The summed E-state index contributed by atoms with van der Waals surface area (Å²) in [5.74, 6) is 0.381. The van der Waals surface area contributed by atoms with Gasteiger partial charge in [0.15, 0.2) is 0 Å². The molecule has 0 saturated heterocycles. The summed E-state index contributed by atoms with van der Waals surface area (Å²) in [6, 6.07) is 12.2. The Balaban J connectivity index is 1.78. The second-order valence-corrected chi connectivity index (χ2v) is 8.36. The summed E-state index contributed by atoms with van der Waals surface area (Å²) >= 11 is 0. The van der Waals surface area contributed by atoms with Crippen molar-refractivity contribution in [2.24, 2.45) is 0 Å². The summed E-state index contributed by atoms with van der Waals surface area (Å²) in [6.07, 6.45) is 1.72. The fourth-order valence-corrected chi connectivity index (χ4v) is 4.44. The Kier molecular flexibility index (Phi) is 6.21. The molecule has 8 heteroatoms. The van der Waals surface area contributed by atoms with Crippen LogP contribution in [0.2, 0.25) is 0 Å². The maximum atomic E-state index is 12.6. The summed E-state index contributed by atoms with van der Waals surface area (Å²) in [6.45, 7) is 0.587. The van der Waals surface area contributed by atoms with Crippen LogP contribution in [0.3, 0.4) is 0 Å². The number of rotatable bonds is 7. The van der Waals surface area contributed by atoms with E-state index in [1.54, 1.807) is 48.4 Å². The maximum absolute atomic E-state index is 12.6. The van der Waals surface area contributed by atoms with Crippen molar-refractivity contribution in [1.82, 2.24) is 0 Å². The average Bonchev–Trinajstić information content (AvgIpc) is 2.67. The molecule has 2 aromatic carbocycles. The van der Waals surface area contributed by atoms with Crippen molar-refractivity contribution in [2.75, 3.05) is 37.0 Å². The van der Waals surface area contributed by atoms with Gasteiger partial charge in [0.25, 0.3) is 5.91 Å². The number of sulfonamides is 1. The highest BCUT2D eigenvalue weighted by atomic mass is 32.2. The summed E-state index contributed by atoms with van der Waals surface area (Å²) in [4.78, 5) is 14.0. The van der Waals surface area contributed by atoms with Crippen molar-refractivity contribution in [2.45, 2.75) is 18.6 Å². The van der Waals surface area contributed by atoms with Crippen LogP contribution in [0.1, 0.15) is 17.5 Å². The predicted octanol–water partition coefficient (Wildman–Crippen LogP) is 2.56. The van der Waals surface area contributed by atoms with Crippen LogP contribution in [0.4, 0.5) is 11.4 Å². The number of nitrogens with zero attached hydrogens (tertiary/aromatic N) is 1. The van der Waals surface area contributed by atoms with Gasteiger partial charge in [-0.05, 0) is 48.2 Å². The molecule has 7 nitrogen and oxygen atoms in total. The van der Waals surface area contributed by atoms with Crippen LogP contribution in [0.15, 0.2) is 42.5 Å². The van der Waals surface area contributed by atoms with E-state index in [0.29, 0.717) is 23.5 Å². The normalized spacial score (nSPS) is 13.7. The highest BCUT2D eigenvalue weighted by Crippen LogP contribution is 2.31. The van der Waals surface area contributed by atoms with Gasteiger partial charge in [0, 0.05) is 19.3 Å². The molecule has 1 aliphatic heterocycles. The third kappa shape index (κ3) is 4.82. The molecule has 3 rings (SSSR count). The Hall–Kier alpha value is -2.58. The number of carbonyl (C=O) groups is 1. The quantitative estimate of drug-likeness (QED) is 0.767. The smallest absolute Gasteiger partial charge is 0.252 e. The van der Waals surface area contributed by atoms with Gasteiger partial charge in [-0.1, -0.05) is 18.2 Å². The Morgan fingerprint density at radius 2 is 1.89 bits per heavy atom. The molecule has 28 heavy (non-hydrogen) atoms. The second kappa shape index (κ2) is 8.62. The predicted molar refractivity (Wildman–Crippen MR) is 108 cm³/mol. The van der Waals surface area contributed by atoms with Crippen LogP contribution >= 0.6 is 0 Å². The summed E-state index contributed by atoms with van der Waals surface area (Å²) in [5.41, 5.74) is 2.85. The number of anilines is 2. The van der Waals surface area contributed by atoms with Gasteiger partial charge in [0.05, 0.1) is 18.6 Å². The van der Waals surface area contributed by atoms with Crippen molar-refractivity contribution in [3.8, 4) is 5.75 Å². The Labute approximate surface area is 165 Å². The van der Waals surface area contributed by atoms with Gasteiger partial charge in [-0.2, -0.15) is 0 Å². The number of nitrogens with one attached hydrogen (secondary N) is 1. The van der Waals surface area contributed by atoms with E-state index in [4.69, 9.17) is 9.47 Å². The number of methoxy groups -OCH3 is 2. The van der Waals surface area contributed by atoms with E-state index in [-0.39, 0.29) is 18.3 Å². The molecule has 0 radical (unpaired) electrons. The second-order valence-electron chi connectivity index (χ2n) is 6.63. The van der Waals surface area contributed by atoms with Crippen LogP contribution in [0.25, 0.3) is 0 Å². The largest absolute Gasteiger partial charge is 0.497 e. The van der Waals surface area contributed by atoms with Crippen molar-refractivity contribution in [3.63, 3.8) is 0 Å². The fraction of sp³-hybridized carbons (Fsp3) is 0.350. The minimum absolute atomic E-state index is 0.00708. The van der Waals surface area contributed by atoms with Crippen LogP contribution in [0, 0.1) is 0 Å². The monoisotopic (exact) mass is 404 g/mol. The lowest BCUT2D eigenvalue weighted by Crippen LogP contribution is -2.37. The van der Waals surface area contributed by atoms with Gasteiger partial charge in [-0.25, -0.2) is 8.42 Å². The lowest BCUT2D eigenvalue weighted by Gasteiger charge is -2.30. The maximum Gasteiger partial charge on any atom is 0.252 e. The lowest BCUT2D eigenvalue weighted by atomic mass is 10.0. The van der Waals surface area contributed by atoms with Gasteiger partial charge in [-0.3, -0.25) is 9.52 Å². The number of hydrogen-bond donors (Lipinski definition) is 1. The number of fused-ring (bicyclic) bond motifs is 1. The number of aryl methyl sites for hydroxylation is 1. The molecular weight excluding hydrogens is 380 g/mol. The molecule has 2 aromatic rings. The van der Waals surface area contributed by atoms with E-state index in [0.717, 1.165) is 24.1 Å². The van der Waals surface area contributed by atoms with E-state index in [9.17, 15) is 13.2 Å². The van der Waals surface area contributed by atoms with Crippen molar-refractivity contribution in [3.05, 3.63) is 53.6 Å². The molecule has 1 amide bonds. The highest BCUT2D eigenvalue weighted by molar-refractivity contribution is 7.91. The zero-order valence-corrected chi connectivity index (χ0v) is 16.8. The average molecular weight is 404 g/mol. The first-order chi connectivity index (χ1) is 13.4. The zero-order chi connectivity index (χ0) is 20.1. The standard InChI is InChI=1S/C20H24N2O5S/c1-26-13-20(23)22-11-3-4-16-7-8-17(12-19(16)22)21-28(24,25)14-15-5-9-18(27-2)10-6-15/h5-10,12,21H,3-4,11,13-14H2,1-2H3. The molecule has 0 unspecified atom stereocenters. The van der Waals surface area contributed by atoms with E-state index in [2.05, 4.69) is 4.72 Å². The minimum Gasteiger partial charge on any atom is -0.497 e. The fourth-order valence-electron chi connectivity index (χ4n) is 3.26. The Morgan fingerprint density at radius 3 is 2.57 bits per heavy atom. The minimum atomic E-state index is -3.60. The molecule has 0 atom stereocenters. The molecule has 0 spiro atoms. The number of carbonyl (C=O) groups excluding carboxylic acids is 1. The molecule has 0 fully saturated rings. The molecule has 1 heterocycles. The molecule has 150 valence electrons. The third-order valence-corrected chi connectivity index (χ3v) is 5.82. The molecule has 0 aliphatic carbocycles. The molecule has 1 N–H and O–H groups in total. The molecule has 0 saturated carbocycles. The Morgan fingerprint density at radius 1 is 1.14 bits per heavy atom. The first-order valence-electron chi connectivity index (χ1n) is 8.97. The third-order valence-electron chi connectivity index (χ3n) is 4.56. The van der Waals surface area contributed by atoms with Gasteiger partial charge >= 0.3 is 0 Å². The van der Waals surface area contributed by atoms with E-state index >= 15 is 0 Å². The SMILES string of the molecule is COCC(=O)N1CCCc2ccc(NS(=O)(=O)Cc3ccc(OC)cc3)cc21. The highest BCUT2D eigenvalue weighted by Gasteiger charge is 2.23. The Bertz CT molecular complexity index is 942. The van der Waals surface area contributed by atoms with Crippen molar-refractivity contribution >= 4 is 27.3 Å². The van der Waals surface area contributed by atoms with Crippen LogP contribution in [-0.4, -0.2) is 41.7 Å². The summed E-state index contributed by atoms with van der Waals surface area (Å²) < 4.78 is 37.8. The molecule has 0 bridgehead atoms. The van der Waals surface area contributed by atoms with E-state index < -0.39 is 10.0 Å². The molecular formula is C20H24N2O5S. The van der Waals surface area contributed by atoms with Gasteiger partial charge in [0.2, 0.25) is 10.0 Å². The number of hydrogen-bond acceptors (Lipinski definition) is 5. The van der Waals surface area contributed by atoms with Gasteiger partial charge in [0.1, 0.15) is 12.4 Å².